The molecule has 2 aromatic carbocycles. The molecule has 120 valence electrons. The molecule has 2 aromatic rings. The van der Waals surface area contributed by atoms with Crippen molar-refractivity contribution >= 4 is 24.0 Å². The normalized spacial score (nSPS) is 22.3. The molecule has 1 N–H and O–H groups in total. The van der Waals surface area contributed by atoms with Crippen molar-refractivity contribution in [1.29, 1.82) is 0 Å². The molecule has 3 nitrogen and oxygen atoms in total. The Bertz CT molecular complexity index is 743. The Morgan fingerprint density at radius 3 is 2.74 bits per heavy atom. The number of hydrogen-bond donors (Lipinski definition) is 1. The molecule has 2 heterocycles. The molecule has 1 fully saturated rings. The van der Waals surface area contributed by atoms with Crippen molar-refractivity contribution in [3.05, 3.63) is 65.5 Å². The first-order valence-electron chi connectivity index (χ1n) is 7.57. The second-order valence-electron chi connectivity index (χ2n) is 6.05. The molecule has 0 bridgehead atoms. The summed E-state index contributed by atoms with van der Waals surface area (Å²) in [6.45, 7) is 1.95. The van der Waals surface area contributed by atoms with Crippen molar-refractivity contribution in [2.24, 2.45) is 0 Å². The standard InChI is InChI=1S/C18H17FN2O.ClH/c19-14-5-3-4-13(10-14)11-21-16-7-2-1-6-15(16)18(17(21)22)8-9-20-12-18;/h1-7,10,20H,8-9,11-12H2;1H. The molecule has 1 atom stereocenters. The highest BCUT2D eigenvalue weighted by Crippen LogP contribution is 2.45. The molecule has 0 saturated carbocycles. The molecule has 4 rings (SSSR count). The van der Waals surface area contributed by atoms with Gasteiger partial charge in [-0.3, -0.25) is 4.79 Å². The van der Waals surface area contributed by atoms with E-state index in [1.807, 2.05) is 30.3 Å². The van der Waals surface area contributed by atoms with Crippen molar-refractivity contribution in [3.8, 4) is 0 Å². The number of nitrogens with zero attached hydrogens (tertiary/aromatic N) is 1. The quantitative estimate of drug-likeness (QED) is 0.917. The average molecular weight is 333 g/mol. The molecule has 2 aliphatic heterocycles. The van der Waals surface area contributed by atoms with Gasteiger partial charge in [-0.2, -0.15) is 0 Å². The van der Waals surface area contributed by atoms with E-state index >= 15 is 0 Å². The summed E-state index contributed by atoms with van der Waals surface area (Å²) in [4.78, 5) is 14.9. The van der Waals surface area contributed by atoms with Crippen LogP contribution in [0.1, 0.15) is 17.5 Å². The number of nitrogens with one attached hydrogen (secondary N) is 1. The molecule has 5 heteroatoms. The SMILES string of the molecule is Cl.O=C1N(Cc2cccc(F)c2)c2ccccc2C12CCNC2. The summed E-state index contributed by atoms with van der Waals surface area (Å²) < 4.78 is 13.4. The minimum Gasteiger partial charge on any atom is -0.315 e. The van der Waals surface area contributed by atoms with Crippen LogP contribution in [0.2, 0.25) is 0 Å². The van der Waals surface area contributed by atoms with E-state index in [2.05, 4.69) is 5.32 Å². The third kappa shape index (κ3) is 2.42. The summed E-state index contributed by atoms with van der Waals surface area (Å²) in [5.41, 5.74) is 2.43. The Labute approximate surface area is 140 Å². The number of rotatable bonds is 2. The van der Waals surface area contributed by atoms with Gasteiger partial charge in [-0.1, -0.05) is 30.3 Å². The number of hydrogen-bond acceptors (Lipinski definition) is 2. The van der Waals surface area contributed by atoms with Crippen LogP contribution in [0.25, 0.3) is 0 Å². The van der Waals surface area contributed by atoms with Gasteiger partial charge in [0, 0.05) is 12.2 Å². The maximum atomic E-state index is 13.4. The largest absolute Gasteiger partial charge is 0.315 e. The van der Waals surface area contributed by atoms with E-state index in [9.17, 15) is 9.18 Å². The molecular weight excluding hydrogens is 315 g/mol. The van der Waals surface area contributed by atoms with E-state index < -0.39 is 5.41 Å². The van der Waals surface area contributed by atoms with Gasteiger partial charge in [0.1, 0.15) is 5.82 Å². The number of carbonyl (C=O) groups is 1. The first kappa shape index (κ1) is 16.0. The van der Waals surface area contributed by atoms with Crippen molar-refractivity contribution < 1.29 is 9.18 Å². The Morgan fingerprint density at radius 1 is 1.17 bits per heavy atom. The molecule has 1 unspecified atom stereocenters. The van der Waals surface area contributed by atoms with Crippen molar-refractivity contribution in [2.75, 3.05) is 18.0 Å². The van der Waals surface area contributed by atoms with E-state index in [0.717, 1.165) is 29.8 Å². The van der Waals surface area contributed by atoms with E-state index in [4.69, 9.17) is 0 Å². The van der Waals surface area contributed by atoms with Crippen molar-refractivity contribution in [1.82, 2.24) is 5.32 Å². The zero-order valence-corrected chi connectivity index (χ0v) is 13.4. The van der Waals surface area contributed by atoms with Gasteiger partial charge in [-0.05, 0) is 42.3 Å². The number of halogens is 2. The molecule has 2 aliphatic rings. The zero-order valence-electron chi connectivity index (χ0n) is 12.6. The third-order valence-electron chi connectivity index (χ3n) is 4.75. The maximum absolute atomic E-state index is 13.4. The van der Waals surface area contributed by atoms with E-state index in [0.29, 0.717) is 13.1 Å². The van der Waals surface area contributed by atoms with Crippen LogP contribution in [0.5, 0.6) is 0 Å². The first-order valence-corrected chi connectivity index (χ1v) is 7.57. The van der Waals surface area contributed by atoms with Gasteiger partial charge in [0.05, 0.1) is 12.0 Å². The number of fused-ring (bicyclic) bond motifs is 2. The topological polar surface area (TPSA) is 32.3 Å². The van der Waals surface area contributed by atoms with Gasteiger partial charge in [-0.25, -0.2) is 4.39 Å². The monoisotopic (exact) mass is 332 g/mol. The first-order chi connectivity index (χ1) is 10.7. The molecule has 1 saturated heterocycles. The summed E-state index contributed by atoms with van der Waals surface area (Å²) in [6, 6.07) is 14.4. The van der Waals surface area contributed by atoms with Crippen LogP contribution in [-0.4, -0.2) is 19.0 Å². The molecular formula is C18H18ClFN2O. The van der Waals surface area contributed by atoms with Crippen LogP contribution in [0, 0.1) is 5.82 Å². The lowest BCUT2D eigenvalue weighted by atomic mass is 9.81. The van der Waals surface area contributed by atoms with Crippen molar-refractivity contribution in [2.45, 2.75) is 18.4 Å². The van der Waals surface area contributed by atoms with Gasteiger partial charge in [0.25, 0.3) is 0 Å². The van der Waals surface area contributed by atoms with E-state index in [-0.39, 0.29) is 24.1 Å². The fourth-order valence-electron chi connectivity index (χ4n) is 3.68. The van der Waals surface area contributed by atoms with Crippen LogP contribution >= 0.6 is 12.4 Å². The predicted molar refractivity (Wildman–Crippen MR) is 90.4 cm³/mol. The summed E-state index contributed by atoms with van der Waals surface area (Å²) in [5, 5.41) is 3.31. The Kier molecular flexibility index (Phi) is 4.13. The number of amides is 1. The summed E-state index contributed by atoms with van der Waals surface area (Å²) in [5.74, 6) is -0.141. The summed E-state index contributed by atoms with van der Waals surface area (Å²) >= 11 is 0. The number of carbonyl (C=O) groups excluding carboxylic acids is 1. The van der Waals surface area contributed by atoms with Gasteiger partial charge >= 0.3 is 0 Å². The lowest BCUT2D eigenvalue weighted by Crippen LogP contribution is -2.41. The summed E-state index contributed by atoms with van der Waals surface area (Å²) in [7, 11) is 0. The fourth-order valence-corrected chi connectivity index (χ4v) is 3.68. The van der Waals surface area contributed by atoms with Gasteiger partial charge in [-0.15, -0.1) is 12.4 Å². The Morgan fingerprint density at radius 2 is 2.00 bits per heavy atom. The second-order valence-corrected chi connectivity index (χ2v) is 6.05. The van der Waals surface area contributed by atoms with Crippen LogP contribution in [0.4, 0.5) is 10.1 Å². The zero-order chi connectivity index (χ0) is 15.2. The lowest BCUT2D eigenvalue weighted by Gasteiger charge is -2.23. The molecule has 1 amide bonds. The smallest absolute Gasteiger partial charge is 0.239 e. The Balaban J connectivity index is 0.00000156. The average Bonchev–Trinajstić information content (AvgIpc) is 3.10. The molecule has 0 radical (unpaired) electrons. The number of benzene rings is 2. The number of para-hydroxylation sites is 1. The van der Waals surface area contributed by atoms with E-state index in [1.54, 1.807) is 11.0 Å². The van der Waals surface area contributed by atoms with Crippen LogP contribution < -0.4 is 10.2 Å². The fraction of sp³-hybridized carbons (Fsp3) is 0.278. The second kappa shape index (κ2) is 5.95. The highest BCUT2D eigenvalue weighted by Gasteiger charge is 2.52. The number of anilines is 1. The van der Waals surface area contributed by atoms with E-state index in [1.165, 1.54) is 12.1 Å². The van der Waals surface area contributed by atoms with Crippen LogP contribution in [-0.2, 0) is 16.8 Å². The highest BCUT2D eigenvalue weighted by molar-refractivity contribution is 6.08. The lowest BCUT2D eigenvalue weighted by molar-refractivity contribution is -0.122. The van der Waals surface area contributed by atoms with Crippen molar-refractivity contribution in [3.63, 3.8) is 0 Å². The molecule has 23 heavy (non-hydrogen) atoms. The Hall–Kier alpha value is -1.91. The molecule has 1 spiro atoms. The minimum absolute atomic E-state index is 0. The molecule has 0 aliphatic carbocycles. The van der Waals surface area contributed by atoms with Gasteiger partial charge in [0.15, 0.2) is 0 Å². The highest BCUT2D eigenvalue weighted by atomic mass is 35.5. The summed E-state index contributed by atoms with van der Waals surface area (Å²) in [6.07, 6.45) is 0.822. The van der Waals surface area contributed by atoms with Gasteiger partial charge < -0.3 is 10.2 Å². The predicted octanol–water partition coefficient (Wildman–Crippen LogP) is 3.03. The van der Waals surface area contributed by atoms with Crippen LogP contribution in [0.15, 0.2) is 48.5 Å². The molecule has 0 aromatic heterocycles. The third-order valence-corrected chi connectivity index (χ3v) is 4.75. The minimum atomic E-state index is -0.441. The maximum Gasteiger partial charge on any atom is 0.239 e. The van der Waals surface area contributed by atoms with Crippen LogP contribution in [0.3, 0.4) is 0 Å². The van der Waals surface area contributed by atoms with Gasteiger partial charge in [0.2, 0.25) is 5.91 Å².